The highest BCUT2D eigenvalue weighted by Crippen LogP contribution is 2.27. The van der Waals surface area contributed by atoms with Crippen molar-refractivity contribution in [3.8, 4) is 0 Å². The van der Waals surface area contributed by atoms with Crippen molar-refractivity contribution in [1.82, 2.24) is 0 Å². The van der Waals surface area contributed by atoms with Gasteiger partial charge in [0.05, 0.1) is 0 Å². The molecular formula is C14H28O2. The van der Waals surface area contributed by atoms with Crippen molar-refractivity contribution < 1.29 is 9.53 Å². The molecule has 0 unspecified atom stereocenters. The molecule has 0 spiro atoms. The maximum Gasteiger partial charge on any atom is 0.164 e. The Balaban J connectivity index is 4.68. The van der Waals surface area contributed by atoms with Gasteiger partial charge in [-0.05, 0) is 25.7 Å². The second-order valence-electron chi connectivity index (χ2n) is 4.52. The number of ether oxygens (including phenoxy) is 1. The van der Waals surface area contributed by atoms with Crippen LogP contribution >= 0.6 is 0 Å². The van der Waals surface area contributed by atoms with Crippen molar-refractivity contribution in [1.29, 1.82) is 0 Å². The van der Waals surface area contributed by atoms with Gasteiger partial charge in [-0.15, -0.1) is 0 Å². The molecule has 2 heteroatoms. The van der Waals surface area contributed by atoms with E-state index in [9.17, 15) is 4.79 Å². The maximum atomic E-state index is 12.2. The van der Waals surface area contributed by atoms with Crippen molar-refractivity contribution in [2.45, 2.75) is 78.2 Å². The van der Waals surface area contributed by atoms with E-state index < -0.39 is 5.60 Å². The summed E-state index contributed by atoms with van der Waals surface area (Å²) >= 11 is 0. The van der Waals surface area contributed by atoms with E-state index >= 15 is 0 Å². The number of hydrogen-bond acceptors (Lipinski definition) is 2. The van der Waals surface area contributed by atoms with Crippen LogP contribution in [0.4, 0.5) is 0 Å². The van der Waals surface area contributed by atoms with Crippen LogP contribution < -0.4 is 0 Å². The Morgan fingerprint density at radius 3 is 1.88 bits per heavy atom. The number of Topliss-reactive ketones (excluding diaryl/α,β-unsaturated/α-hetero) is 1. The van der Waals surface area contributed by atoms with Crippen molar-refractivity contribution in [3.05, 3.63) is 0 Å². The van der Waals surface area contributed by atoms with Crippen LogP contribution in [0.1, 0.15) is 72.6 Å². The van der Waals surface area contributed by atoms with E-state index in [4.69, 9.17) is 4.74 Å². The number of ketones is 1. The molecule has 2 nitrogen and oxygen atoms in total. The van der Waals surface area contributed by atoms with Gasteiger partial charge in [-0.3, -0.25) is 4.79 Å². The topological polar surface area (TPSA) is 26.3 Å². The molecule has 0 aliphatic rings. The highest BCUT2D eigenvalue weighted by atomic mass is 16.5. The van der Waals surface area contributed by atoms with Crippen LogP contribution in [0.2, 0.25) is 0 Å². The van der Waals surface area contributed by atoms with Gasteiger partial charge in [0.2, 0.25) is 0 Å². The molecule has 0 aromatic carbocycles. The Hall–Kier alpha value is -0.370. The van der Waals surface area contributed by atoms with Crippen molar-refractivity contribution in [2.75, 3.05) is 6.61 Å². The third kappa shape index (κ3) is 4.65. The predicted molar refractivity (Wildman–Crippen MR) is 68.7 cm³/mol. The standard InChI is InChI=1S/C14H28O2/c1-5-9-13(15)14(10-6-2,11-7-3)16-12-8-4/h5-12H2,1-4H3. The lowest BCUT2D eigenvalue weighted by Crippen LogP contribution is -2.41. The summed E-state index contributed by atoms with van der Waals surface area (Å²) in [6.45, 7) is 9.10. The molecular weight excluding hydrogens is 200 g/mol. The highest BCUT2D eigenvalue weighted by molar-refractivity contribution is 5.87. The minimum atomic E-state index is -0.477. The second kappa shape index (κ2) is 8.74. The van der Waals surface area contributed by atoms with Crippen molar-refractivity contribution in [3.63, 3.8) is 0 Å². The number of hydrogen-bond donors (Lipinski definition) is 0. The molecule has 0 radical (unpaired) electrons. The lowest BCUT2D eigenvalue weighted by molar-refractivity contribution is -0.147. The molecule has 0 saturated heterocycles. The summed E-state index contributed by atoms with van der Waals surface area (Å²) in [5.41, 5.74) is -0.477. The molecule has 96 valence electrons. The van der Waals surface area contributed by atoms with E-state index in [0.29, 0.717) is 18.8 Å². The maximum absolute atomic E-state index is 12.2. The summed E-state index contributed by atoms with van der Waals surface area (Å²) < 4.78 is 5.92. The average Bonchev–Trinajstić information content (AvgIpc) is 2.27. The highest BCUT2D eigenvalue weighted by Gasteiger charge is 2.36. The smallest absolute Gasteiger partial charge is 0.164 e. The SMILES string of the molecule is CCCOC(CCC)(CCC)C(=O)CCC. The van der Waals surface area contributed by atoms with Gasteiger partial charge in [-0.1, -0.05) is 40.5 Å². The zero-order valence-electron chi connectivity index (χ0n) is 11.5. The summed E-state index contributed by atoms with van der Waals surface area (Å²) in [4.78, 5) is 12.2. The summed E-state index contributed by atoms with van der Waals surface area (Å²) in [6, 6.07) is 0. The van der Waals surface area contributed by atoms with E-state index in [1.807, 2.05) is 0 Å². The minimum absolute atomic E-state index is 0.312. The number of rotatable bonds is 10. The zero-order chi connectivity index (χ0) is 12.4. The first kappa shape index (κ1) is 15.6. The molecule has 0 aliphatic heterocycles. The Morgan fingerprint density at radius 1 is 0.938 bits per heavy atom. The van der Waals surface area contributed by atoms with Crippen molar-refractivity contribution in [2.24, 2.45) is 0 Å². The van der Waals surface area contributed by atoms with Gasteiger partial charge in [0.1, 0.15) is 5.60 Å². The van der Waals surface area contributed by atoms with Gasteiger partial charge < -0.3 is 4.74 Å². The molecule has 0 rings (SSSR count). The van der Waals surface area contributed by atoms with Crippen molar-refractivity contribution >= 4 is 5.78 Å². The zero-order valence-corrected chi connectivity index (χ0v) is 11.5. The van der Waals surface area contributed by atoms with E-state index in [0.717, 1.165) is 38.5 Å². The second-order valence-corrected chi connectivity index (χ2v) is 4.52. The summed E-state index contributed by atoms with van der Waals surface area (Å²) in [7, 11) is 0. The van der Waals surface area contributed by atoms with Crippen LogP contribution in [-0.4, -0.2) is 18.0 Å². The van der Waals surface area contributed by atoms with Crippen LogP contribution in [0, 0.1) is 0 Å². The first-order chi connectivity index (χ1) is 7.66. The molecule has 0 fully saturated rings. The quantitative estimate of drug-likeness (QED) is 0.562. The molecule has 0 aromatic rings. The molecule has 0 aromatic heterocycles. The molecule has 0 atom stereocenters. The lowest BCUT2D eigenvalue weighted by Gasteiger charge is -2.32. The molecule has 0 heterocycles. The molecule has 0 saturated carbocycles. The van der Waals surface area contributed by atoms with E-state index in [1.165, 1.54) is 0 Å². The Kier molecular flexibility index (Phi) is 8.54. The number of carbonyl (C=O) groups excluding carboxylic acids is 1. The van der Waals surface area contributed by atoms with Gasteiger partial charge >= 0.3 is 0 Å². The fourth-order valence-corrected chi connectivity index (χ4v) is 2.19. The molecule has 0 N–H and O–H groups in total. The van der Waals surface area contributed by atoms with Gasteiger partial charge in [0, 0.05) is 13.0 Å². The normalized spacial score (nSPS) is 11.8. The van der Waals surface area contributed by atoms with E-state index in [-0.39, 0.29) is 0 Å². The lowest BCUT2D eigenvalue weighted by atomic mass is 9.86. The molecule has 0 amide bonds. The average molecular weight is 228 g/mol. The fourth-order valence-electron chi connectivity index (χ4n) is 2.19. The van der Waals surface area contributed by atoms with Crippen LogP contribution in [0.25, 0.3) is 0 Å². The van der Waals surface area contributed by atoms with Gasteiger partial charge in [0.15, 0.2) is 5.78 Å². The molecule has 0 aliphatic carbocycles. The van der Waals surface area contributed by atoms with Crippen LogP contribution in [0.15, 0.2) is 0 Å². The van der Waals surface area contributed by atoms with E-state index in [1.54, 1.807) is 0 Å². The summed E-state index contributed by atoms with van der Waals surface area (Å²) in [5, 5.41) is 0. The Morgan fingerprint density at radius 2 is 1.50 bits per heavy atom. The van der Waals surface area contributed by atoms with Crippen LogP contribution in [-0.2, 0) is 9.53 Å². The van der Waals surface area contributed by atoms with E-state index in [2.05, 4.69) is 27.7 Å². The predicted octanol–water partition coefficient (Wildman–Crippen LogP) is 4.12. The third-order valence-corrected chi connectivity index (χ3v) is 2.88. The Bertz CT molecular complexity index is 181. The first-order valence-corrected chi connectivity index (χ1v) is 6.84. The van der Waals surface area contributed by atoms with Gasteiger partial charge in [-0.25, -0.2) is 0 Å². The summed E-state index contributed by atoms with van der Waals surface area (Å²) in [5.74, 6) is 0.312. The molecule has 16 heavy (non-hydrogen) atoms. The van der Waals surface area contributed by atoms with Crippen LogP contribution in [0.3, 0.4) is 0 Å². The number of carbonyl (C=O) groups is 1. The molecule has 0 bridgehead atoms. The monoisotopic (exact) mass is 228 g/mol. The minimum Gasteiger partial charge on any atom is -0.367 e. The van der Waals surface area contributed by atoms with Crippen LogP contribution in [0.5, 0.6) is 0 Å². The third-order valence-electron chi connectivity index (χ3n) is 2.88. The largest absolute Gasteiger partial charge is 0.367 e. The first-order valence-electron chi connectivity index (χ1n) is 6.84. The Labute approximate surface area is 101 Å². The van der Waals surface area contributed by atoms with Gasteiger partial charge in [0.25, 0.3) is 0 Å². The fraction of sp³-hybridized carbons (Fsp3) is 0.929. The summed E-state index contributed by atoms with van der Waals surface area (Å²) in [6.07, 6.45) is 6.33. The van der Waals surface area contributed by atoms with Gasteiger partial charge in [-0.2, -0.15) is 0 Å².